The summed E-state index contributed by atoms with van der Waals surface area (Å²) in [6.45, 7) is 1.000. The van der Waals surface area contributed by atoms with Gasteiger partial charge in [0.2, 0.25) is 0 Å². The zero-order valence-electron chi connectivity index (χ0n) is 9.55. The normalized spacial score (nSPS) is 10.5. The minimum atomic E-state index is -0.579. The average molecular weight is 239 g/mol. The van der Waals surface area contributed by atoms with E-state index in [0.29, 0.717) is 5.69 Å². The molecule has 1 aromatic carbocycles. The number of nitrogens with two attached hydrogens (primary N) is 1. The molecule has 0 atom stereocenters. The Kier molecular flexibility index (Phi) is 4.64. The Labute approximate surface area is 102 Å². The topological polar surface area (TPSA) is 49.6 Å². The Balaban J connectivity index is 2.64. The fourth-order valence-electron chi connectivity index (χ4n) is 1.28. The van der Waals surface area contributed by atoms with Crippen LogP contribution in [0.25, 0.3) is 0 Å². The van der Waals surface area contributed by atoms with Gasteiger partial charge in [-0.1, -0.05) is 24.9 Å². The number of carbonyl (C=O) groups is 1. The average Bonchev–Trinajstić information content (AvgIpc) is 2.26. The summed E-state index contributed by atoms with van der Waals surface area (Å²) >= 11 is 3.98. The van der Waals surface area contributed by atoms with Gasteiger partial charge in [0.05, 0.1) is 5.69 Å². The van der Waals surface area contributed by atoms with E-state index in [9.17, 15) is 4.79 Å². The van der Waals surface area contributed by atoms with Crippen molar-refractivity contribution in [3.05, 3.63) is 29.8 Å². The lowest BCUT2D eigenvalue weighted by Gasteiger charge is -2.13. The number of hydrogen-bond acceptors (Lipinski definition) is 3. The molecule has 1 aromatic rings. The van der Waals surface area contributed by atoms with E-state index in [0.717, 1.165) is 17.3 Å². The first-order chi connectivity index (χ1) is 7.50. The number of thiol groups is 1. The highest BCUT2D eigenvalue weighted by molar-refractivity contribution is 7.82. The van der Waals surface area contributed by atoms with Crippen molar-refractivity contribution in [3.63, 3.8) is 0 Å². The monoisotopic (exact) mass is 239 g/mol. The largest absolute Gasteiger partial charge is 0.350 e. The number of urea groups is 1. The van der Waals surface area contributed by atoms with Crippen LogP contribution in [0, 0.1) is 0 Å². The molecule has 0 bridgehead atoms. The lowest BCUT2D eigenvalue weighted by Crippen LogP contribution is -2.27. The molecule has 0 aromatic heterocycles. The first kappa shape index (κ1) is 12.9. The van der Waals surface area contributed by atoms with Crippen LogP contribution in [-0.4, -0.2) is 31.6 Å². The molecule has 0 aliphatic rings. The fraction of sp³-hybridized carbons (Fsp3) is 0.364. The third-order valence-electron chi connectivity index (χ3n) is 2.24. The summed E-state index contributed by atoms with van der Waals surface area (Å²) in [5.41, 5.74) is 7.02. The van der Waals surface area contributed by atoms with Gasteiger partial charge in [-0.2, -0.15) is 0 Å². The summed E-state index contributed by atoms with van der Waals surface area (Å²) in [7, 11) is 4.08. The van der Waals surface area contributed by atoms with Crippen LogP contribution in [0.2, 0.25) is 0 Å². The van der Waals surface area contributed by atoms with Gasteiger partial charge in [0.1, 0.15) is 0 Å². The molecule has 2 N–H and O–H groups in total. The molecular weight excluding hydrogens is 222 g/mol. The second kappa shape index (κ2) is 5.77. The fourth-order valence-corrected chi connectivity index (χ4v) is 1.42. The van der Waals surface area contributed by atoms with Crippen molar-refractivity contribution in [3.8, 4) is 0 Å². The second-order valence-electron chi connectivity index (χ2n) is 3.87. The molecule has 0 spiro atoms. The Morgan fingerprint density at radius 3 is 2.31 bits per heavy atom. The first-order valence-corrected chi connectivity index (χ1v) is 5.43. The Morgan fingerprint density at radius 1 is 1.31 bits per heavy atom. The molecule has 0 unspecified atom stereocenters. The van der Waals surface area contributed by atoms with Crippen LogP contribution in [0.5, 0.6) is 0 Å². The molecule has 0 fully saturated rings. The summed E-state index contributed by atoms with van der Waals surface area (Å²) in [5.74, 6) is 0. The summed E-state index contributed by atoms with van der Waals surface area (Å²) in [6, 6.07) is 7.05. The SMILES string of the molecule is CN(C)CCc1ccc(N(S)C(N)=O)cc1. The number of anilines is 1. The van der Waals surface area contributed by atoms with Crippen molar-refractivity contribution in [1.82, 2.24) is 4.90 Å². The van der Waals surface area contributed by atoms with E-state index in [4.69, 9.17) is 5.73 Å². The number of hydrogen-bond donors (Lipinski definition) is 2. The van der Waals surface area contributed by atoms with Crippen LogP contribution in [-0.2, 0) is 6.42 Å². The van der Waals surface area contributed by atoms with E-state index < -0.39 is 6.03 Å². The van der Waals surface area contributed by atoms with Gasteiger partial charge >= 0.3 is 6.03 Å². The molecule has 88 valence electrons. The molecule has 5 heteroatoms. The Hall–Kier alpha value is -1.20. The number of nitrogens with zero attached hydrogens (tertiary/aromatic N) is 2. The van der Waals surface area contributed by atoms with E-state index in [-0.39, 0.29) is 0 Å². The van der Waals surface area contributed by atoms with E-state index in [1.807, 2.05) is 38.4 Å². The van der Waals surface area contributed by atoms with Crippen molar-refractivity contribution in [2.45, 2.75) is 6.42 Å². The molecule has 4 nitrogen and oxygen atoms in total. The molecule has 0 saturated carbocycles. The predicted molar refractivity (Wildman–Crippen MR) is 69.7 cm³/mol. The number of likely N-dealkylation sites (N-methyl/N-ethyl adjacent to an activating group) is 1. The molecule has 0 saturated heterocycles. The molecular formula is C11H17N3OS. The standard InChI is InChI=1S/C11H17N3OS/c1-13(2)8-7-9-3-5-10(6-4-9)14(16)11(12)15/h3-6,16H,7-8H2,1-2H3,(H2,12,15). The Bertz CT molecular complexity index is 351. The first-order valence-electron chi connectivity index (χ1n) is 5.03. The second-order valence-corrected chi connectivity index (χ2v) is 4.27. The van der Waals surface area contributed by atoms with Gasteiger partial charge in [-0.15, -0.1) is 0 Å². The highest BCUT2D eigenvalue weighted by atomic mass is 32.1. The van der Waals surface area contributed by atoms with Crippen molar-refractivity contribution >= 4 is 24.5 Å². The van der Waals surface area contributed by atoms with Gasteiger partial charge < -0.3 is 10.6 Å². The summed E-state index contributed by atoms with van der Waals surface area (Å²) in [6.07, 6.45) is 0.983. The number of primary amides is 1. The third-order valence-corrected chi connectivity index (χ3v) is 2.67. The van der Waals surface area contributed by atoms with Gasteiger partial charge in [0.15, 0.2) is 0 Å². The van der Waals surface area contributed by atoms with Crippen LogP contribution in [0.15, 0.2) is 24.3 Å². The highest BCUT2D eigenvalue weighted by Gasteiger charge is 2.06. The van der Waals surface area contributed by atoms with Crippen LogP contribution >= 0.6 is 12.8 Å². The predicted octanol–water partition coefficient (Wildman–Crippen LogP) is 1.52. The number of rotatable bonds is 4. The number of amides is 2. The van der Waals surface area contributed by atoms with E-state index in [1.165, 1.54) is 5.56 Å². The van der Waals surface area contributed by atoms with Crippen molar-refractivity contribution in [1.29, 1.82) is 0 Å². The lowest BCUT2D eigenvalue weighted by molar-refractivity contribution is 0.257. The van der Waals surface area contributed by atoms with Crippen LogP contribution in [0.3, 0.4) is 0 Å². The molecule has 2 amide bonds. The van der Waals surface area contributed by atoms with Crippen molar-refractivity contribution in [2.75, 3.05) is 24.9 Å². The van der Waals surface area contributed by atoms with Gasteiger partial charge in [-0.3, -0.25) is 0 Å². The highest BCUT2D eigenvalue weighted by Crippen LogP contribution is 2.16. The van der Waals surface area contributed by atoms with Crippen molar-refractivity contribution in [2.24, 2.45) is 5.73 Å². The molecule has 0 aliphatic heterocycles. The van der Waals surface area contributed by atoms with Crippen molar-refractivity contribution < 1.29 is 4.79 Å². The zero-order valence-corrected chi connectivity index (χ0v) is 10.4. The maximum absolute atomic E-state index is 10.9. The number of carbonyl (C=O) groups excluding carboxylic acids is 1. The zero-order chi connectivity index (χ0) is 12.1. The van der Waals surface area contributed by atoms with Gasteiger partial charge in [-0.25, -0.2) is 9.10 Å². The van der Waals surface area contributed by atoms with Crippen LogP contribution < -0.4 is 10.0 Å². The summed E-state index contributed by atoms with van der Waals surface area (Å²) in [4.78, 5) is 13.0. The van der Waals surface area contributed by atoms with E-state index in [2.05, 4.69) is 17.7 Å². The molecule has 0 aliphatic carbocycles. The van der Waals surface area contributed by atoms with E-state index >= 15 is 0 Å². The molecule has 0 heterocycles. The van der Waals surface area contributed by atoms with Crippen LogP contribution in [0.1, 0.15) is 5.56 Å². The molecule has 16 heavy (non-hydrogen) atoms. The molecule has 1 rings (SSSR count). The maximum atomic E-state index is 10.9. The maximum Gasteiger partial charge on any atom is 0.329 e. The summed E-state index contributed by atoms with van der Waals surface area (Å²) < 4.78 is 1.12. The van der Waals surface area contributed by atoms with Gasteiger partial charge in [0.25, 0.3) is 0 Å². The third kappa shape index (κ3) is 3.75. The van der Waals surface area contributed by atoms with E-state index in [1.54, 1.807) is 0 Å². The van der Waals surface area contributed by atoms with Gasteiger partial charge in [0, 0.05) is 6.54 Å². The van der Waals surface area contributed by atoms with Crippen LogP contribution in [0.4, 0.5) is 10.5 Å². The minimum Gasteiger partial charge on any atom is -0.350 e. The quantitative estimate of drug-likeness (QED) is 0.783. The summed E-state index contributed by atoms with van der Waals surface area (Å²) in [5, 5.41) is 0. The number of benzene rings is 1. The minimum absolute atomic E-state index is 0.579. The Morgan fingerprint density at radius 2 is 1.88 bits per heavy atom. The smallest absolute Gasteiger partial charge is 0.329 e. The van der Waals surface area contributed by atoms with Gasteiger partial charge in [-0.05, 0) is 38.2 Å². The molecule has 0 radical (unpaired) electrons. The lowest BCUT2D eigenvalue weighted by atomic mass is 10.1.